The Morgan fingerprint density at radius 1 is 1.10 bits per heavy atom. The van der Waals surface area contributed by atoms with Gasteiger partial charge in [-0.3, -0.25) is 14.4 Å². The summed E-state index contributed by atoms with van der Waals surface area (Å²) in [6.45, 7) is 0.921. The molecular weight excluding hydrogens is 392 g/mol. The van der Waals surface area contributed by atoms with Crippen molar-refractivity contribution in [2.24, 2.45) is 0 Å². The van der Waals surface area contributed by atoms with Crippen molar-refractivity contribution in [2.75, 3.05) is 45.7 Å². The molecule has 0 spiro atoms. The SMILES string of the molecule is CN(C)CCCC(=O)NC(Nc1ccc(OCCCC(=O)O)cc1)C(=O)NCCO. The summed E-state index contributed by atoms with van der Waals surface area (Å²) in [5.41, 5.74) is 0.589. The number of aliphatic carboxylic acids is 1. The summed E-state index contributed by atoms with van der Waals surface area (Å²) in [6, 6.07) is 6.75. The van der Waals surface area contributed by atoms with Crippen LogP contribution in [-0.4, -0.2) is 79.5 Å². The van der Waals surface area contributed by atoms with E-state index in [4.69, 9.17) is 14.9 Å². The van der Waals surface area contributed by atoms with E-state index in [1.165, 1.54) is 0 Å². The van der Waals surface area contributed by atoms with Crippen LogP contribution in [0.15, 0.2) is 24.3 Å². The standard InChI is InChI=1S/C20H32N4O6/c1-24(2)12-3-5-17(26)23-19(20(29)21-11-13-25)22-15-7-9-16(10-8-15)30-14-4-6-18(27)28/h7-10,19,22,25H,3-6,11-14H2,1-2H3,(H,21,29)(H,23,26)(H,27,28). The van der Waals surface area contributed by atoms with Gasteiger partial charge in [0, 0.05) is 25.1 Å². The zero-order valence-corrected chi connectivity index (χ0v) is 17.5. The highest BCUT2D eigenvalue weighted by Gasteiger charge is 2.20. The lowest BCUT2D eigenvalue weighted by molar-refractivity contribution is -0.137. The van der Waals surface area contributed by atoms with Crippen LogP contribution in [0.2, 0.25) is 0 Å². The molecule has 0 aromatic heterocycles. The van der Waals surface area contributed by atoms with Crippen molar-refractivity contribution in [3.8, 4) is 5.75 Å². The van der Waals surface area contributed by atoms with Crippen molar-refractivity contribution >= 4 is 23.5 Å². The number of hydrogen-bond acceptors (Lipinski definition) is 7. The fourth-order valence-electron chi connectivity index (χ4n) is 2.46. The molecule has 1 rings (SSSR count). The molecule has 10 heteroatoms. The van der Waals surface area contributed by atoms with E-state index in [9.17, 15) is 14.4 Å². The molecule has 30 heavy (non-hydrogen) atoms. The van der Waals surface area contributed by atoms with Crippen molar-refractivity contribution in [1.82, 2.24) is 15.5 Å². The molecule has 1 atom stereocenters. The predicted octanol–water partition coefficient (Wildman–Crippen LogP) is 0.235. The van der Waals surface area contributed by atoms with Crippen molar-refractivity contribution in [2.45, 2.75) is 31.8 Å². The molecule has 0 saturated carbocycles. The summed E-state index contributed by atoms with van der Waals surface area (Å²) in [6.07, 6.45) is 0.399. The number of benzene rings is 1. The first kappa shape index (κ1) is 25.2. The average Bonchev–Trinajstić information content (AvgIpc) is 2.69. The Morgan fingerprint density at radius 2 is 1.80 bits per heavy atom. The Labute approximate surface area is 176 Å². The van der Waals surface area contributed by atoms with Crippen LogP contribution in [0.1, 0.15) is 25.7 Å². The number of nitrogens with zero attached hydrogens (tertiary/aromatic N) is 1. The maximum Gasteiger partial charge on any atom is 0.303 e. The summed E-state index contributed by atoms with van der Waals surface area (Å²) in [5.74, 6) is -1.02. The van der Waals surface area contributed by atoms with Gasteiger partial charge >= 0.3 is 5.97 Å². The highest BCUT2D eigenvalue weighted by atomic mass is 16.5. The quantitative estimate of drug-likeness (QED) is 0.199. The number of rotatable bonds is 15. The number of ether oxygens (including phenoxy) is 1. The largest absolute Gasteiger partial charge is 0.494 e. The molecule has 2 amide bonds. The van der Waals surface area contributed by atoms with Gasteiger partial charge in [0.25, 0.3) is 5.91 Å². The number of aliphatic hydroxyl groups is 1. The molecule has 0 aliphatic carbocycles. The van der Waals surface area contributed by atoms with Gasteiger partial charge in [-0.1, -0.05) is 0 Å². The fraction of sp³-hybridized carbons (Fsp3) is 0.550. The van der Waals surface area contributed by atoms with Gasteiger partial charge < -0.3 is 35.8 Å². The molecule has 0 fully saturated rings. The van der Waals surface area contributed by atoms with Gasteiger partial charge in [0.2, 0.25) is 5.91 Å². The Kier molecular flexibility index (Phi) is 11.9. The van der Waals surface area contributed by atoms with Crippen LogP contribution in [0.4, 0.5) is 5.69 Å². The summed E-state index contributed by atoms with van der Waals surface area (Å²) >= 11 is 0. The first-order valence-corrected chi connectivity index (χ1v) is 9.85. The van der Waals surface area contributed by atoms with Gasteiger partial charge in [-0.05, 0) is 57.7 Å². The fourth-order valence-corrected chi connectivity index (χ4v) is 2.46. The van der Waals surface area contributed by atoms with Crippen LogP contribution in [-0.2, 0) is 14.4 Å². The molecule has 0 saturated heterocycles. The lowest BCUT2D eigenvalue weighted by Gasteiger charge is -2.21. The van der Waals surface area contributed by atoms with E-state index in [1.54, 1.807) is 24.3 Å². The Bertz CT molecular complexity index is 666. The second kappa shape index (κ2) is 14.2. The average molecular weight is 424 g/mol. The minimum Gasteiger partial charge on any atom is -0.494 e. The van der Waals surface area contributed by atoms with Gasteiger partial charge in [-0.15, -0.1) is 0 Å². The van der Waals surface area contributed by atoms with E-state index in [1.807, 2.05) is 19.0 Å². The molecule has 1 unspecified atom stereocenters. The highest BCUT2D eigenvalue weighted by molar-refractivity contribution is 5.89. The molecule has 1 aromatic carbocycles. The molecule has 1 aromatic rings. The minimum absolute atomic E-state index is 0.0402. The third kappa shape index (κ3) is 11.2. The first-order chi connectivity index (χ1) is 14.3. The molecule has 0 aliphatic heterocycles. The Morgan fingerprint density at radius 3 is 2.40 bits per heavy atom. The van der Waals surface area contributed by atoms with Gasteiger partial charge in [0.1, 0.15) is 5.75 Å². The molecule has 0 bridgehead atoms. The molecule has 0 heterocycles. The van der Waals surface area contributed by atoms with E-state index in [0.29, 0.717) is 24.3 Å². The van der Waals surface area contributed by atoms with Crippen molar-refractivity contribution in [3.63, 3.8) is 0 Å². The molecule has 10 nitrogen and oxygen atoms in total. The Balaban J connectivity index is 2.63. The number of carboxylic acids is 1. The molecule has 5 N–H and O–H groups in total. The van der Waals surface area contributed by atoms with Crippen LogP contribution in [0.5, 0.6) is 5.75 Å². The third-order valence-electron chi connectivity index (χ3n) is 3.96. The molecule has 0 aliphatic rings. The Hall–Kier alpha value is -2.85. The van der Waals surface area contributed by atoms with Crippen molar-refractivity contribution in [1.29, 1.82) is 0 Å². The number of carbonyl (C=O) groups is 3. The number of nitrogens with one attached hydrogen (secondary N) is 3. The normalized spacial score (nSPS) is 11.6. The summed E-state index contributed by atoms with van der Waals surface area (Å²) in [4.78, 5) is 37.0. The monoisotopic (exact) mass is 424 g/mol. The third-order valence-corrected chi connectivity index (χ3v) is 3.96. The summed E-state index contributed by atoms with van der Waals surface area (Å²) in [7, 11) is 3.84. The number of carboxylic acid groups (broad SMARTS) is 1. The van der Waals surface area contributed by atoms with Crippen LogP contribution < -0.4 is 20.7 Å². The maximum atomic E-state index is 12.3. The summed E-state index contributed by atoms with van der Waals surface area (Å²) < 4.78 is 5.47. The van der Waals surface area contributed by atoms with Gasteiger partial charge in [-0.25, -0.2) is 0 Å². The zero-order valence-electron chi connectivity index (χ0n) is 17.5. The number of amides is 2. The van der Waals surface area contributed by atoms with Gasteiger partial charge in [-0.2, -0.15) is 0 Å². The number of anilines is 1. The smallest absolute Gasteiger partial charge is 0.303 e. The first-order valence-electron chi connectivity index (χ1n) is 9.85. The van der Waals surface area contributed by atoms with Crippen LogP contribution >= 0.6 is 0 Å². The van der Waals surface area contributed by atoms with Crippen LogP contribution in [0.3, 0.4) is 0 Å². The van der Waals surface area contributed by atoms with Crippen LogP contribution in [0.25, 0.3) is 0 Å². The lowest BCUT2D eigenvalue weighted by atomic mass is 10.2. The van der Waals surface area contributed by atoms with E-state index in [-0.39, 0.29) is 38.5 Å². The van der Waals surface area contributed by atoms with E-state index in [2.05, 4.69) is 16.0 Å². The van der Waals surface area contributed by atoms with E-state index >= 15 is 0 Å². The highest BCUT2D eigenvalue weighted by Crippen LogP contribution is 2.16. The molecular formula is C20H32N4O6. The van der Waals surface area contributed by atoms with Crippen LogP contribution in [0, 0.1) is 0 Å². The topological polar surface area (TPSA) is 140 Å². The zero-order chi connectivity index (χ0) is 22.4. The van der Waals surface area contributed by atoms with E-state index < -0.39 is 18.0 Å². The second-order valence-electron chi connectivity index (χ2n) is 6.94. The number of hydrogen-bond donors (Lipinski definition) is 5. The van der Waals surface area contributed by atoms with Gasteiger partial charge in [0.15, 0.2) is 6.17 Å². The molecule has 0 radical (unpaired) electrons. The molecule has 168 valence electrons. The maximum absolute atomic E-state index is 12.3. The summed E-state index contributed by atoms with van der Waals surface area (Å²) in [5, 5.41) is 25.7. The predicted molar refractivity (Wildman–Crippen MR) is 112 cm³/mol. The van der Waals surface area contributed by atoms with E-state index in [0.717, 1.165) is 6.54 Å². The number of aliphatic hydroxyl groups excluding tert-OH is 1. The minimum atomic E-state index is -0.995. The lowest BCUT2D eigenvalue weighted by Crippen LogP contribution is -2.51. The van der Waals surface area contributed by atoms with Crippen molar-refractivity contribution in [3.05, 3.63) is 24.3 Å². The number of carbonyl (C=O) groups excluding carboxylic acids is 2. The van der Waals surface area contributed by atoms with Crippen molar-refractivity contribution < 1.29 is 29.3 Å². The second-order valence-corrected chi connectivity index (χ2v) is 6.94. The van der Waals surface area contributed by atoms with Gasteiger partial charge in [0.05, 0.1) is 13.2 Å².